The van der Waals surface area contributed by atoms with Gasteiger partial charge in [0.1, 0.15) is 11.4 Å². The minimum Gasteiger partial charge on any atom is -0.481 e. The minimum atomic E-state index is -1.01. The van der Waals surface area contributed by atoms with E-state index >= 15 is 0 Å². The quantitative estimate of drug-likeness (QED) is 0.323. The summed E-state index contributed by atoms with van der Waals surface area (Å²) in [6.45, 7) is 5.30. The summed E-state index contributed by atoms with van der Waals surface area (Å²) in [7, 11) is 0. The van der Waals surface area contributed by atoms with E-state index in [1.807, 2.05) is 0 Å². The lowest BCUT2D eigenvalue weighted by Crippen LogP contribution is -2.32. The van der Waals surface area contributed by atoms with Crippen molar-refractivity contribution in [1.82, 2.24) is 5.32 Å². The maximum absolute atomic E-state index is 14.4. The molecule has 188 valence electrons. The third kappa shape index (κ3) is 7.91. The number of carbonyl (C=O) groups excluding carboxylic acids is 2. The molecule has 0 aliphatic rings. The van der Waals surface area contributed by atoms with E-state index in [-0.39, 0.29) is 13.0 Å². The number of anilines is 1. The Bertz CT molecular complexity index is 1300. The van der Waals surface area contributed by atoms with Gasteiger partial charge in [0.05, 0.1) is 6.42 Å². The zero-order valence-corrected chi connectivity index (χ0v) is 21.6. The van der Waals surface area contributed by atoms with Crippen LogP contribution in [0.1, 0.15) is 42.3 Å². The second-order valence-corrected chi connectivity index (χ2v) is 10.0. The van der Waals surface area contributed by atoms with E-state index in [4.69, 9.17) is 9.84 Å². The highest BCUT2D eigenvalue weighted by Gasteiger charge is 2.17. The van der Waals surface area contributed by atoms with Gasteiger partial charge in [0, 0.05) is 22.3 Å². The first-order valence-corrected chi connectivity index (χ1v) is 11.9. The molecule has 0 radical (unpaired) electrons. The van der Waals surface area contributed by atoms with Crippen LogP contribution in [0.25, 0.3) is 11.1 Å². The number of amides is 2. The second-order valence-electron chi connectivity index (χ2n) is 9.11. The number of benzene rings is 3. The number of aliphatic carboxylic acids is 1. The SMILES string of the molecule is CC(C)(C)OC(=O)NCc1cc(F)cc(-c2cc(Br)cc(C(=O)Nc3ccccc3CC(=O)O)c2)c1. The first-order chi connectivity index (χ1) is 16.9. The van der Waals surface area contributed by atoms with Crippen molar-refractivity contribution in [3.63, 3.8) is 0 Å². The summed E-state index contributed by atoms with van der Waals surface area (Å²) in [4.78, 5) is 36.1. The monoisotopic (exact) mass is 556 g/mol. The third-order valence-electron chi connectivity index (χ3n) is 4.89. The van der Waals surface area contributed by atoms with Crippen LogP contribution in [-0.4, -0.2) is 28.7 Å². The zero-order valence-electron chi connectivity index (χ0n) is 20.0. The smallest absolute Gasteiger partial charge is 0.407 e. The van der Waals surface area contributed by atoms with Crippen LogP contribution in [0.5, 0.6) is 0 Å². The molecule has 9 heteroatoms. The number of hydrogen-bond acceptors (Lipinski definition) is 4. The van der Waals surface area contributed by atoms with Crippen molar-refractivity contribution in [2.24, 2.45) is 0 Å². The van der Waals surface area contributed by atoms with Gasteiger partial charge in [-0.25, -0.2) is 9.18 Å². The topological polar surface area (TPSA) is 105 Å². The second kappa shape index (κ2) is 11.3. The van der Waals surface area contributed by atoms with Crippen LogP contribution in [0.4, 0.5) is 14.9 Å². The predicted molar refractivity (Wildman–Crippen MR) is 138 cm³/mol. The summed E-state index contributed by atoms with van der Waals surface area (Å²) < 4.78 is 20.2. The van der Waals surface area contributed by atoms with Gasteiger partial charge in [0.2, 0.25) is 0 Å². The summed E-state index contributed by atoms with van der Waals surface area (Å²) in [5.41, 5.74) is 2.11. The Kier molecular flexibility index (Phi) is 8.47. The van der Waals surface area contributed by atoms with E-state index in [1.54, 1.807) is 69.3 Å². The summed E-state index contributed by atoms with van der Waals surface area (Å²) >= 11 is 3.40. The van der Waals surface area contributed by atoms with Crippen LogP contribution >= 0.6 is 15.9 Å². The van der Waals surface area contributed by atoms with Crippen LogP contribution in [-0.2, 0) is 22.5 Å². The molecule has 0 atom stereocenters. The van der Waals surface area contributed by atoms with Crippen LogP contribution in [0.15, 0.2) is 65.1 Å². The predicted octanol–water partition coefficient (Wildman–Crippen LogP) is 6.16. The van der Waals surface area contributed by atoms with E-state index in [9.17, 15) is 18.8 Å². The summed E-state index contributed by atoms with van der Waals surface area (Å²) in [6, 6.07) is 16.0. The van der Waals surface area contributed by atoms with Crippen molar-refractivity contribution < 1.29 is 28.6 Å². The number of hydrogen-bond donors (Lipinski definition) is 3. The maximum atomic E-state index is 14.4. The molecule has 0 spiro atoms. The molecular formula is C27H26BrFN2O5. The molecule has 0 aliphatic heterocycles. The fourth-order valence-electron chi connectivity index (χ4n) is 3.45. The number of nitrogens with one attached hydrogen (secondary N) is 2. The van der Waals surface area contributed by atoms with E-state index in [1.165, 1.54) is 12.1 Å². The molecule has 3 aromatic rings. The van der Waals surface area contributed by atoms with E-state index < -0.39 is 29.4 Å². The number of alkyl carbamates (subject to hydrolysis) is 1. The molecule has 3 aromatic carbocycles. The van der Waals surface area contributed by atoms with Crippen LogP contribution in [0.3, 0.4) is 0 Å². The molecule has 7 nitrogen and oxygen atoms in total. The molecule has 0 bridgehead atoms. The fraction of sp³-hybridized carbons (Fsp3) is 0.222. The van der Waals surface area contributed by atoms with Gasteiger partial charge in [-0.15, -0.1) is 0 Å². The lowest BCUT2D eigenvalue weighted by atomic mass is 10.00. The van der Waals surface area contributed by atoms with Gasteiger partial charge in [0.15, 0.2) is 0 Å². The number of halogens is 2. The number of para-hydroxylation sites is 1. The Morgan fingerprint density at radius 2 is 1.69 bits per heavy atom. The highest BCUT2D eigenvalue weighted by molar-refractivity contribution is 9.10. The highest BCUT2D eigenvalue weighted by Crippen LogP contribution is 2.28. The summed E-state index contributed by atoms with van der Waals surface area (Å²) in [5, 5.41) is 14.5. The lowest BCUT2D eigenvalue weighted by Gasteiger charge is -2.19. The average molecular weight is 557 g/mol. The number of carbonyl (C=O) groups is 3. The Balaban J connectivity index is 1.83. The van der Waals surface area contributed by atoms with Gasteiger partial charge in [0.25, 0.3) is 5.91 Å². The van der Waals surface area contributed by atoms with Crippen molar-refractivity contribution in [3.05, 3.63) is 87.6 Å². The molecule has 0 fully saturated rings. The van der Waals surface area contributed by atoms with Crippen molar-refractivity contribution in [1.29, 1.82) is 0 Å². The van der Waals surface area contributed by atoms with E-state index in [2.05, 4.69) is 26.6 Å². The molecule has 3 rings (SSSR count). The van der Waals surface area contributed by atoms with Crippen molar-refractivity contribution in [3.8, 4) is 11.1 Å². The Labute approximate surface area is 216 Å². The molecule has 0 saturated carbocycles. The fourth-order valence-corrected chi connectivity index (χ4v) is 3.94. The first kappa shape index (κ1) is 26.9. The Morgan fingerprint density at radius 3 is 2.39 bits per heavy atom. The largest absolute Gasteiger partial charge is 0.481 e. The number of carboxylic acids is 1. The third-order valence-corrected chi connectivity index (χ3v) is 5.35. The zero-order chi connectivity index (χ0) is 26.5. The molecule has 0 aromatic heterocycles. The van der Waals surface area contributed by atoms with Crippen molar-refractivity contribution in [2.75, 3.05) is 5.32 Å². The molecule has 0 aliphatic carbocycles. The van der Waals surface area contributed by atoms with Gasteiger partial charge in [-0.1, -0.05) is 34.1 Å². The van der Waals surface area contributed by atoms with Gasteiger partial charge in [-0.3, -0.25) is 9.59 Å². The van der Waals surface area contributed by atoms with Crippen LogP contribution in [0.2, 0.25) is 0 Å². The molecule has 0 unspecified atom stereocenters. The molecule has 0 heterocycles. The van der Waals surface area contributed by atoms with E-state index in [0.29, 0.717) is 38.0 Å². The molecule has 0 saturated heterocycles. The molecule has 2 amide bonds. The summed E-state index contributed by atoms with van der Waals surface area (Å²) in [6.07, 6.45) is -0.846. The van der Waals surface area contributed by atoms with Crippen LogP contribution in [0, 0.1) is 5.82 Å². The maximum Gasteiger partial charge on any atom is 0.407 e. The van der Waals surface area contributed by atoms with Crippen molar-refractivity contribution in [2.45, 2.75) is 39.3 Å². The number of rotatable bonds is 7. The normalized spacial score (nSPS) is 11.0. The number of ether oxygens (including phenoxy) is 1. The summed E-state index contributed by atoms with van der Waals surface area (Å²) in [5.74, 6) is -1.95. The van der Waals surface area contributed by atoms with Crippen LogP contribution < -0.4 is 10.6 Å². The van der Waals surface area contributed by atoms with Gasteiger partial charge >= 0.3 is 12.1 Å². The molecule has 36 heavy (non-hydrogen) atoms. The van der Waals surface area contributed by atoms with Gasteiger partial charge in [-0.2, -0.15) is 0 Å². The van der Waals surface area contributed by atoms with E-state index in [0.717, 1.165) is 0 Å². The molecular weight excluding hydrogens is 531 g/mol. The highest BCUT2D eigenvalue weighted by atomic mass is 79.9. The Morgan fingerprint density at radius 1 is 1.00 bits per heavy atom. The van der Waals surface area contributed by atoms with Gasteiger partial charge in [-0.05, 0) is 85.5 Å². The average Bonchev–Trinajstić information content (AvgIpc) is 2.77. The van der Waals surface area contributed by atoms with Gasteiger partial charge < -0.3 is 20.5 Å². The standard InChI is InChI=1S/C27H26BrFN2O5/c1-27(2,3)36-26(35)30-15-16-8-18(13-22(29)9-16)19-10-20(12-21(28)11-19)25(34)31-23-7-5-4-6-17(23)14-24(32)33/h4-13H,14-15H2,1-3H3,(H,30,35)(H,31,34)(H,32,33). The Hall–Kier alpha value is -3.72. The first-order valence-electron chi connectivity index (χ1n) is 11.1. The molecule has 3 N–H and O–H groups in total. The van der Waals surface area contributed by atoms with Crippen molar-refractivity contribution >= 4 is 39.6 Å². The lowest BCUT2D eigenvalue weighted by molar-refractivity contribution is -0.136. The minimum absolute atomic E-state index is 0.0569. The number of carboxylic acid groups (broad SMARTS) is 1.